The molecule has 1 unspecified atom stereocenters. The van der Waals surface area contributed by atoms with Crippen molar-refractivity contribution >= 4 is 17.9 Å². The van der Waals surface area contributed by atoms with Gasteiger partial charge in [-0.3, -0.25) is 14.4 Å². The molecule has 0 radical (unpaired) electrons. The molecule has 1 atom stereocenters. The molecule has 0 rings (SSSR count). The molecule has 0 saturated carbocycles. The summed E-state index contributed by atoms with van der Waals surface area (Å²) in [5.41, 5.74) is -2.92. The van der Waals surface area contributed by atoms with E-state index >= 15 is 0 Å². The summed E-state index contributed by atoms with van der Waals surface area (Å²) in [5.74, 6) is -1.32. The molecule has 0 fully saturated rings. The van der Waals surface area contributed by atoms with Gasteiger partial charge in [-0.15, -0.1) is 0 Å². The van der Waals surface area contributed by atoms with E-state index in [9.17, 15) is 19.5 Å². The SMILES string of the molecule is CCCCCC(O)CCCC(CCCCCCC(=O)OCC)(C(=O)OC(C)(C)C)C(=O)OC(C)(C)C. The van der Waals surface area contributed by atoms with Crippen molar-refractivity contribution in [2.45, 2.75) is 156 Å². The second-order valence-electron chi connectivity index (χ2n) is 11.8. The van der Waals surface area contributed by atoms with Crippen LogP contribution in [-0.2, 0) is 28.6 Å². The largest absolute Gasteiger partial charge is 0.466 e. The van der Waals surface area contributed by atoms with Gasteiger partial charge in [0.1, 0.15) is 11.2 Å². The van der Waals surface area contributed by atoms with Gasteiger partial charge in [0.25, 0.3) is 0 Å². The van der Waals surface area contributed by atoms with E-state index in [0.717, 1.165) is 38.5 Å². The molecule has 0 amide bonds. The van der Waals surface area contributed by atoms with Crippen LogP contribution >= 0.6 is 0 Å². The van der Waals surface area contributed by atoms with Crippen LogP contribution < -0.4 is 0 Å². The van der Waals surface area contributed by atoms with Gasteiger partial charge in [0.05, 0.1) is 12.7 Å². The van der Waals surface area contributed by atoms with Crippen LogP contribution in [-0.4, -0.2) is 46.9 Å². The van der Waals surface area contributed by atoms with Gasteiger partial charge < -0.3 is 19.3 Å². The van der Waals surface area contributed by atoms with Crippen molar-refractivity contribution in [3.8, 4) is 0 Å². The van der Waals surface area contributed by atoms with Gasteiger partial charge in [-0.1, -0.05) is 45.4 Å². The summed E-state index contributed by atoms with van der Waals surface area (Å²) in [6.45, 7) is 15.0. The van der Waals surface area contributed by atoms with Crippen LogP contribution in [0.15, 0.2) is 0 Å². The second-order valence-corrected chi connectivity index (χ2v) is 11.8. The molecule has 212 valence electrons. The van der Waals surface area contributed by atoms with Crippen molar-refractivity contribution in [3.05, 3.63) is 0 Å². The monoisotopic (exact) mass is 514 g/mol. The van der Waals surface area contributed by atoms with E-state index in [4.69, 9.17) is 14.2 Å². The predicted octanol–water partition coefficient (Wildman–Crippen LogP) is 6.67. The van der Waals surface area contributed by atoms with Gasteiger partial charge in [0, 0.05) is 6.42 Å². The molecule has 0 aromatic carbocycles. The Hall–Kier alpha value is -1.63. The average Bonchev–Trinajstić information content (AvgIpc) is 2.72. The average molecular weight is 515 g/mol. The minimum Gasteiger partial charge on any atom is -0.466 e. The Morgan fingerprint density at radius 3 is 1.69 bits per heavy atom. The van der Waals surface area contributed by atoms with Crippen LogP contribution in [0, 0.1) is 5.41 Å². The zero-order valence-electron chi connectivity index (χ0n) is 24.4. The Labute approximate surface area is 220 Å². The Bertz CT molecular complexity index is 615. The first kappa shape index (κ1) is 34.4. The van der Waals surface area contributed by atoms with Crippen molar-refractivity contribution in [2.24, 2.45) is 5.41 Å². The van der Waals surface area contributed by atoms with E-state index in [0.29, 0.717) is 45.1 Å². The summed E-state index contributed by atoms with van der Waals surface area (Å²) in [7, 11) is 0. The quantitative estimate of drug-likeness (QED) is 0.0943. The van der Waals surface area contributed by atoms with E-state index < -0.39 is 34.7 Å². The number of aliphatic hydroxyl groups excluding tert-OH is 1. The topological polar surface area (TPSA) is 99.1 Å². The van der Waals surface area contributed by atoms with Gasteiger partial charge in [-0.05, 0) is 87.0 Å². The zero-order valence-corrected chi connectivity index (χ0v) is 24.4. The minimum absolute atomic E-state index is 0.202. The van der Waals surface area contributed by atoms with Crippen molar-refractivity contribution in [2.75, 3.05) is 6.61 Å². The summed E-state index contributed by atoms with van der Waals surface area (Å²) in [6, 6.07) is 0. The standard InChI is InChI=1S/C29H54O7/c1-9-11-14-18-23(30)19-17-22-29(25(32)35-27(3,4)5,26(33)36-28(6,7)8)21-16-13-12-15-20-24(31)34-10-2/h23,30H,9-22H2,1-8H3. The Morgan fingerprint density at radius 1 is 0.694 bits per heavy atom. The molecular weight excluding hydrogens is 460 g/mol. The first-order valence-corrected chi connectivity index (χ1v) is 14.0. The normalized spacial score (nSPS) is 13.2. The van der Waals surface area contributed by atoms with E-state index in [2.05, 4.69) is 6.92 Å². The van der Waals surface area contributed by atoms with E-state index in [-0.39, 0.29) is 12.4 Å². The second kappa shape index (κ2) is 17.0. The van der Waals surface area contributed by atoms with E-state index in [1.54, 1.807) is 48.5 Å². The first-order valence-electron chi connectivity index (χ1n) is 14.0. The lowest BCUT2D eigenvalue weighted by molar-refractivity contribution is -0.187. The van der Waals surface area contributed by atoms with Gasteiger partial charge >= 0.3 is 17.9 Å². The Balaban J connectivity index is 5.50. The zero-order chi connectivity index (χ0) is 27.8. The molecular formula is C29H54O7. The molecule has 0 bridgehead atoms. The van der Waals surface area contributed by atoms with Crippen LogP contribution in [0.25, 0.3) is 0 Å². The molecule has 1 N–H and O–H groups in total. The molecule has 36 heavy (non-hydrogen) atoms. The number of ether oxygens (including phenoxy) is 3. The van der Waals surface area contributed by atoms with Crippen molar-refractivity contribution in [3.63, 3.8) is 0 Å². The summed E-state index contributed by atoms with van der Waals surface area (Å²) in [5, 5.41) is 10.4. The van der Waals surface area contributed by atoms with Crippen molar-refractivity contribution in [1.82, 2.24) is 0 Å². The number of aliphatic hydroxyl groups is 1. The van der Waals surface area contributed by atoms with Gasteiger partial charge in [0.15, 0.2) is 5.41 Å². The Morgan fingerprint density at radius 2 is 1.19 bits per heavy atom. The predicted molar refractivity (Wildman–Crippen MR) is 142 cm³/mol. The van der Waals surface area contributed by atoms with Crippen LogP contribution in [0.5, 0.6) is 0 Å². The molecule has 0 aliphatic carbocycles. The molecule has 0 heterocycles. The summed E-state index contributed by atoms with van der Waals surface area (Å²) < 4.78 is 16.5. The molecule has 0 aliphatic rings. The van der Waals surface area contributed by atoms with E-state index in [1.807, 2.05) is 0 Å². The van der Waals surface area contributed by atoms with Gasteiger partial charge in [-0.2, -0.15) is 0 Å². The smallest absolute Gasteiger partial charge is 0.324 e. The number of carbonyl (C=O) groups excluding carboxylic acids is 3. The van der Waals surface area contributed by atoms with Crippen LogP contribution in [0.4, 0.5) is 0 Å². The summed E-state index contributed by atoms with van der Waals surface area (Å²) >= 11 is 0. The van der Waals surface area contributed by atoms with Crippen molar-refractivity contribution in [1.29, 1.82) is 0 Å². The van der Waals surface area contributed by atoms with Crippen molar-refractivity contribution < 1.29 is 33.7 Å². The van der Waals surface area contributed by atoms with Gasteiger partial charge in [-0.25, -0.2) is 0 Å². The fourth-order valence-corrected chi connectivity index (χ4v) is 4.06. The first-order chi connectivity index (χ1) is 16.7. The highest BCUT2D eigenvalue weighted by Crippen LogP contribution is 2.38. The number of rotatable bonds is 18. The minimum atomic E-state index is -1.43. The molecule has 0 spiro atoms. The highest BCUT2D eigenvalue weighted by atomic mass is 16.6. The fraction of sp³-hybridized carbons (Fsp3) is 0.897. The molecule has 0 saturated heterocycles. The van der Waals surface area contributed by atoms with E-state index in [1.165, 1.54) is 0 Å². The number of unbranched alkanes of at least 4 members (excludes halogenated alkanes) is 5. The molecule has 0 aromatic rings. The number of carbonyl (C=O) groups is 3. The van der Waals surface area contributed by atoms with Gasteiger partial charge in [0.2, 0.25) is 0 Å². The lowest BCUT2D eigenvalue weighted by Gasteiger charge is -2.35. The third kappa shape index (κ3) is 15.5. The highest BCUT2D eigenvalue weighted by molar-refractivity contribution is 6.00. The maximum atomic E-state index is 13.5. The molecule has 0 aliphatic heterocycles. The molecule has 7 nitrogen and oxygen atoms in total. The maximum Gasteiger partial charge on any atom is 0.324 e. The number of esters is 3. The van der Waals surface area contributed by atoms with Crippen LogP contribution in [0.3, 0.4) is 0 Å². The highest BCUT2D eigenvalue weighted by Gasteiger charge is 2.50. The maximum absolute atomic E-state index is 13.5. The summed E-state index contributed by atoms with van der Waals surface area (Å²) in [4.78, 5) is 38.6. The Kier molecular flexibility index (Phi) is 16.2. The lowest BCUT2D eigenvalue weighted by Crippen LogP contribution is -2.47. The third-order valence-electron chi connectivity index (χ3n) is 5.90. The fourth-order valence-electron chi connectivity index (χ4n) is 4.06. The third-order valence-corrected chi connectivity index (χ3v) is 5.90. The van der Waals surface area contributed by atoms with Crippen LogP contribution in [0.2, 0.25) is 0 Å². The number of hydrogen-bond donors (Lipinski definition) is 1. The van der Waals surface area contributed by atoms with Crippen LogP contribution in [0.1, 0.15) is 139 Å². The molecule has 7 heteroatoms. The molecule has 0 aromatic heterocycles. The summed E-state index contributed by atoms with van der Waals surface area (Å²) in [6.07, 6.45) is 8.29. The lowest BCUT2D eigenvalue weighted by atomic mass is 9.77. The number of hydrogen-bond acceptors (Lipinski definition) is 7.